The van der Waals surface area contributed by atoms with E-state index < -0.39 is 40.1 Å². The average Bonchev–Trinajstić information content (AvgIpc) is 3.63. The molecule has 2 aliphatic rings. The smallest absolute Gasteiger partial charge is 0.326 e. The van der Waals surface area contributed by atoms with Gasteiger partial charge in [0.1, 0.15) is 31.0 Å². The van der Waals surface area contributed by atoms with Crippen LogP contribution in [0, 0.1) is 25.2 Å². The Kier molecular flexibility index (Phi) is 11.9. The van der Waals surface area contributed by atoms with Gasteiger partial charge < -0.3 is 30.4 Å². The van der Waals surface area contributed by atoms with Crippen molar-refractivity contribution in [2.45, 2.75) is 62.2 Å². The second-order valence-electron chi connectivity index (χ2n) is 15.1. The fourth-order valence-corrected chi connectivity index (χ4v) is 10.6. The van der Waals surface area contributed by atoms with Crippen molar-refractivity contribution in [3.8, 4) is 34.4 Å². The van der Waals surface area contributed by atoms with Crippen LogP contribution < -0.4 is 25.3 Å². The van der Waals surface area contributed by atoms with Crippen LogP contribution in [0.5, 0.6) is 17.2 Å². The summed E-state index contributed by atoms with van der Waals surface area (Å²) in [6.07, 6.45) is -0.612. The van der Waals surface area contributed by atoms with Crippen LogP contribution in [0.1, 0.15) is 50.7 Å². The Morgan fingerprint density at radius 1 is 0.984 bits per heavy atom. The summed E-state index contributed by atoms with van der Waals surface area (Å²) in [4.78, 5) is 30.9. The number of hydrogen-bond acceptors (Lipinski definition) is 11. The number of nitriles is 1. The molecule has 3 heterocycles. The number of benzene rings is 5. The molecule has 8 rings (SSSR count). The molecule has 62 heavy (non-hydrogen) atoms. The molecule has 0 aliphatic carbocycles. The van der Waals surface area contributed by atoms with Crippen molar-refractivity contribution in [2.24, 2.45) is 0 Å². The van der Waals surface area contributed by atoms with Crippen LogP contribution >= 0.6 is 22.9 Å². The van der Waals surface area contributed by atoms with E-state index in [-0.39, 0.29) is 41.0 Å². The fraction of sp³-hybridized carbons (Fsp3) is 0.217. The van der Waals surface area contributed by atoms with Crippen molar-refractivity contribution >= 4 is 50.0 Å². The van der Waals surface area contributed by atoms with E-state index in [1.807, 2.05) is 73.7 Å². The number of aromatic nitrogens is 1. The number of aryl methyl sites for hydroxylation is 2. The number of rotatable bonds is 12. The van der Waals surface area contributed by atoms with Gasteiger partial charge in [0, 0.05) is 18.0 Å². The lowest BCUT2D eigenvalue weighted by molar-refractivity contribution is -0.142. The van der Waals surface area contributed by atoms with E-state index in [1.165, 1.54) is 6.92 Å². The average molecular weight is 890 g/mol. The summed E-state index contributed by atoms with van der Waals surface area (Å²) in [7, 11) is -4.37. The zero-order valence-corrected chi connectivity index (χ0v) is 35.9. The van der Waals surface area contributed by atoms with Gasteiger partial charge >= 0.3 is 5.97 Å². The molecule has 13 nitrogen and oxygen atoms in total. The molecule has 316 valence electrons. The first-order valence-corrected chi connectivity index (χ1v) is 22.2. The van der Waals surface area contributed by atoms with Gasteiger partial charge in [-0.3, -0.25) is 4.79 Å². The molecule has 2 aliphatic heterocycles. The number of nitrogens with zero attached hydrogens (tertiary/aromatic N) is 3. The first-order chi connectivity index (χ1) is 29.7. The molecule has 3 atom stereocenters. The number of thiazole rings is 1. The number of fused-ring (bicyclic) bond motifs is 2. The van der Waals surface area contributed by atoms with Crippen LogP contribution in [-0.4, -0.2) is 53.4 Å². The maximum Gasteiger partial charge on any atom is 0.326 e. The first kappa shape index (κ1) is 42.3. The Hall–Kier alpha value is -6.44. The van der Waals surface area contributed by atoms with E-state index in [0.29, 0.717) is 51.1 Å². The molecule has 6 aromatic rings. The van der Waals surface area contributed by atoms with Crippen molar-refractivity contribution in [3.05, 3.63) is 153 Å². The molecule has 0 spiro atoms. The van der Waals surface area contributed by atoms with E-state index >= 15 is 0 Å². The van der Waals surface area contributed by atoms with Crippen LogP contribution in [-0.2, 0) is 45.6 Å². The minimum Gasteiger partial charge on any atom is -0.489 e. The number of carbonyl (C=O) groups excluding carboxylic acids is 1. The van der Waals surface area contributed by atoms with Crippen molar-refractivity contribution in [1.82, 2.24) is 14.6 Å². The minimum atomic E-state index is -4.37. The lowest BCUT2D eigenvalue weighted by atomic mass is 9.94. The van der Waals surface area contributed by atoms with Crippen molar-refractivity contribution < 1.29 is 37.3 Å². The number of nitrogens with two attached hydrogens (primary N) is 1. The predicted molar refractivity (Wildman–Crippen MR) is 234 cm³/mol. The fourth-order valence-electron chi connectivity index (χ4n) is 7.46. The van der Waals surface area contributed by atoms with Gasteiger partial charge in [0.2, 0.25) is 5.91 Å². The lowest BCUT2D eigenvalue weighted by Gasteiger charge is -2.36. The number of aliphatic carboxylic acids is 1. The van der Waals surface area contributed by atoms with Gasteiger partial charge in [-0.1, -0.05) is 83.6 Å². The molecule has 4 N–H and O–H groups in total. The molecule has 1 aromatic heterocycles. The summed E-state index contributed by atoms with van der Waals surface area (Å²) in [6, 6.07) is 30.4. The molecule has 1 amide bonds. The number of ether oxygens (including phenoxy) is 3. The van der Waals surface area contributed by atoms with Crippen LogP contribution in [0.15, 0.2) is 107 Å². The van der Waals surface area contributed by atoms with Crippen molar-refractivity contribution in [1.29, 1.82) is 5.26 Å². The van der Waals surface area contributed by atoms with Crippen LogP contribution in [0.3, 0.4) is 0 Å². The number of anilines is 1. The maximum atomic E-state index is 14.4. The Balaban J connectivity index is 1.01. The largest absolute Gasteiger partial charge is 0.489 e. The van der Waals surface area contributed by atoms with E-state index in [4.69, 9.17) is 36.8 Å². The molecule has 0 saturated carbocycles. The summed E-state index contributed by atoms with van der Waals surface area (Å²) in [5.74, 6) is -0.549. The Labute approximate surface area is 367 Å². The van der Waals surface area contributed by atoms with Crippen LogP contribution in [0.2, 0.25) is 5.02 Å². The molecular formula is C46H40ClN5O8S2. The summed E-state index contributed by atoms with van der Waals surface area (Å²) in [5, 5.41) is 22.7. The zero-order chi connectivity index (χ0) is 43.7. The topological polar surface area (TPSA) is 194 Å². The van der Waals surface area contributed by atoms with Gasteiger partial charge in [-0.25, -0.2) is 18.2 Å². The second-order valence-corrected chi connectivity index (χ2v) is 18.6. The number of amides is 1. The lowest BCUT2D eigenvalue weighted by Crippen LogP contribution is -2.55. The normalized spacial score (nSPS) is 16.4. The standard InChI is InChI=1S/C46H40ClN5O8S2/c1-26-3-4-30(17-37(26)47)24-58-36-15-13-33(14-16-36)42-25-59-40-20-34-19-39(52(23-35(34)21-41(40)60-42)62(56,57)45-27(2)50-46(49)61-45)43(53)51-38(44(54)55)18-28-5-9-31(10-6-28)32-11-7-29(22-48)8-12-32/h3-17,20-21,38-39,42H,18-19,23-25H2,1-2H3,(H2,49,50)(H,51,53)(H,54,55). The van der Waals surface area contributed by atoms with Crippen LogP contribution in [0.25, 0.3) is 11.1 Å². The highest BCUT2D eigenvalue weighted by atomic mass is 35.5. The van der Waals surface area contributed by atoms with Gasteiger partial charge in [-0.15, -0.1) is 0 Å². The van der Waals surface area contributed by atoms with Gasteiger partial charge in [-0.2, -0.15) is 9.57 Å². The highest BCUT2D eigenvalue weighted by Gasteiger charge is 2.43. The number of sulfonamides is 1. The predicted octanol–water partition coefficient (Wildman–Crippen LogP) is 7.55. The third kappa shape index (κ3) is 8.95. The molecule has 0 bridgehead atoms. The van der Waals surface area contributed by atoms with Crippen molar-refractivity contribution in [3.63, 3.8) is 0 Å². The number of carboxylic acid groups (broad SMARTS) is 1. The van der Waals surface area contributed by atoms with Gasteiger partial charge in [-0.05, 0) is 107 Å². The van der Waals surface area contributed by atoms with E-state index in [9.17, 15) is 23.1 Å². The van der Waals surface area contributed by atoms with E-state index in [1.54, 1.807) is 36.4 Å². The van der Waals surface area contributed by atoms with Gasteiger partial charge in [0.25, 0.3) is 10.0 Å². The summed E-state index contributed by atoms with van der Waals surface area (Å²) >= 11 is 7.06. The number of carboxylic acids is 1. The minimum absolute atomic E-state index is 0.0528. The highest BCUT2D eigenvalue weighted by Crippen LogP contribution is 2.42. The van der Waals surface area contributed by atoms with Gasteiger partial charge in [0.15, 0.2) is 26.9 Å². The molecule has 0 saturated heterocycles. The quantitative estimate of drug-likeness (QED) is 0.110. The summed E-state index contributed by atoms with van der Waals surface area (Å²) in [6.45, 7) is 3.79. The summed E-state index contributed by atoms with van der Waals surface area (Å²) < 4.78 is 48.4. The SMILES string of the molecule is Cc1ccc(COc2ccc(C3COc4cc5c(cc4O3)CN(S(=O)(=O)c3sc(N)nc3C)C(C(=O)NC(Cc3ccc(-c4ccc(C#N)cc4)cc3)C(=O)O)C5)cc2)cc1Cl. The van der Waals surface area contributed by atoms with Crippen molar-refractivity contribution in [2.75, 3.05) is 12.3 Å². The Bertz CT molecular complexity index is 2830. The molecule has 3 unspecified atom stereocenters. The molecule has 16 heteroatoms. The number of hydrogen-bond donors (Lipinski definition) is 3. The zero-order valence-electron chi connectivity index (χ0n) is 33.5. The molecule has 0 radical (unpaired) electrons. The summed E-state index contributed by atoms with van der Waals surface area (Å²) in [5.41, 5.74) is 13.0. The van der Waals surface area contributed by atoms with Gasteiger partial charge in [0.05, 0.1) is 17.3 Å². The molecular weight excluding hydrogens is 850 g/mol. The third-order valence-electron chi connectivity index (χ3n) is 10.9. The number of nitrogen functional groups attached to an aromatic ring is 1. The first-order valence-electron chi connectivity index (χ1n) is 19.6. The number of halogens is 1. The second kappa shape index (κ2) is 17.5. The maximum absolute atomic E-state index is 14.4. The number of carbonyl (C=O) groups is 2. The third-order valence-corrected chi connectivity index (χ3v) is 14.7. The number of nitrogens with one attached hydrogen (secondary N) is 1. The highest BCUT2D eigenvalue weighted by molar-refractivity contribution is 7.91. The molecule has 0 fully saturated rings. The Morgan fingerprint density at radius 3 is 2.31 bits per heavy atom. The Morgan fingerprint density at radius 2 is 1.66 bits per heavy atom. The molecule has 5 aromatic carbocycles. The van der Waals surface area contributed by atoms with E-state index in [2.05, 4.69) is 16.4 Å². The van der Waals surface area contributed by atoms with Crippen LogP contribution in [0.4, 0.5) is 5.13 Å². The van der Waals surface area contributed by atoms with E-state index in [0.717, 1.165) is 43.5 Å². The monoisotopic (exact) mass is 889 g/mol.